The molecule has 9 heteroatoms. The van der Waals surface area contributed by atoms with Crippen LogP contribution in [0.3, 0.4) is 0 Å². The van der Waals surface area contributed by atoms with E-state index in [0.29, 0.717) is 10.9 Å². The van der Waals surface area contributed by atoms with E-state index in [2.05, 4.69) is 17.1 Å². The summed E-state index contributed by atoms with van der Waals surface area (Å²) in [6.07, 6.45) is 10.9. The molecule has 0 saturated carbocycles. The lowest BCUT2D eigenvalue weighted by Crippen LogP contribution is -2.40. The number of rotatable bonds is 14. The van der Waals surface area contributed by atoms with Gasteiger partial charge in [-0.1, -0.05) is 38.0 Å². The molecule has 0 saturated heterocycles. The fourth-order valence-corrected chi connectivity index (χ4v) is 5.69. The Kier molecular flexibility index (Phi) is 15.3. The Morgan fingerprint density at radius 2 is 1.65 bits per heavy atom. The van der Waals surface area contributed by atoms with Gasteiger partial charge in [0.05, 0.1) is 4.90 Å². The number of phenolic OH excluding ortho intramolecular Hbond substituents is 2. The van der Waals surface area contributed by atoms with Crippen molar-refractivity contribution in [1.82, 2.24) is 10.2 Å². The number of nitrogens with zero attached hydrogens (tertiary/aromatic N) is 1. The molecule has 1 aliphatic rings. The average molecular weight is 665 g/mol. The highest BCUT2D eigenvalue weighted by atomic mass is 79.9. The van der Waals surface area contributed by atoms with Crippen molar-refractivity contribution in [3.05, 3.63) is 53.1 Å². The second kappa shape index (κ2) is 16.7. The predicted octanol–water partition coefficient (Wildman–Crippen LogP) is 5.62. The lowest BCUT2D eigenvalue weighted by Gasteiger charge is -2.35. The van der Waals surface area contributed by atoms with Crippen molar-refractivity contribution in [3.8, 4) is 11.5 Å². The molecule has 1 aliphatic carbocycles. The first-order chi connectivity index (χ1) is 16.8. The maximum absolute atomic E-state index is 11.5. The maximum Gasteiger partial charge on any atom is 0.175 e. The average Bonchev–Trinajstić information content (AvgIpc) is 2.84. The first-order valence-corrected chi connectivity index (χ1v) is 14.9. The van der Waals surface area contributed by atoms with E-state index >= 15 is 0 Å². The molecule has 210 valence electrons. The Hall–Kier alpha value is -1.13. The van der Waals surface area contributed by atoms with Crippen molar-refractivity contribution in [2.75, 3.05) is 32.4 Å². The molecule has 2 aromatic rings. The zero-order chi connectivity index (χ0) is 25.3. The quantitative estimate of drug-likeness (QED) is 0.180. The van der Waals surface area contributed by atoms with Gasteiger partial charge in [0.25, 0.3) is 0 Å². The standard InChI is InChI=1S/C28H42N2O4S.2BrH/c1-3-19-30(24-11-14-26-23(21-24)10-15-27(31)28(26)32)20-7-5-4-6-17-29-18-16-22-8-12-25(13-9-22)35(2,33)34;;/h8-10,12-13,15,24,29,31-32H,3-7,11,14,16-21H2,1-2H3;2*1H/t24-;;/m0../s1. The van der Waals surface area contributed by atoms with Crippen LogP contribution in [0, 0.1) is 0 Å². The molecular formula is C28H44Br2N2O4S. The summed E-state index contributed by atoms with van der Waals surface area (Å²) < 4.78 is 23.1. The van der Waals surface area contributed by atoms with Gasteiger partial charge in [-0.05, 0) is 100 Å². The van der Waals surface area contributed by atoms with Crippen LogP contribution in [0.15, 0.2) is 41.3 Å². The van der Waals surface area contributed by atoms with Crippen molar-refractivity contribution in [3.63, 3.8) is 0 Å². The van der Waals surface area contributed by atoms with E-state index in [1.165, 1.54) is 37.5 Å². The molecule has 0 bridgehead atoms. The molecule has 0 unspecified atom stereocenters. The third-order valence-corrected chi connectivity index (χ3v) is 8.19. The number of hydrogen-bond donors (Lipinski definition) is 3. The van der Waals surface area contributed by atoms with Crippen LogP contribution in [-0.4, -0.2) is 62.0 Å². The molecule has 3 N–H and O–H groups in total. The number of unbranched alkanes of at least 4 members (excludes halogenated alkanes) is 3. The zero-order valence-corrected chi connectivity index (χ0v) is 26.4. The van der Waals surface area contributed by atoms with Gasteiger partial charge in [-0.2, -0.15) is 0 Å². The number of phenols is 2. The van der Waals surface area contributed by atoms with E-state index in [4.69, 9.17) is 0 Å². The van der Waals surface area contributed by atoms with E-state index in [0.717, 1.165) is 69.4 Å². The van der Waals surface area contributed by atoms with Gasteiger partial charge in [0.15, 0.2) is 21.3 Å². The van der Waals surface area contributed by atoms with Gasteiger partial charge in [0.1, 0.15) is 0 Å². The highest BCUT2D eigenvalue weighted by molar-refractivity contribution is 8.93. The van der Waals surface area contributed by atoms with E-state index in [-0.39, 0.29) is 45.5 Å². The van der Waals surface area contributed by atoms with E-state index in [1.807, 2.05) is 18.2 Å². The van der Waals surface area contributed by atoms with E-state index in [9.17, 15) is 18.6 Å². The lowest BCUT2D eigenvalue weighted by atomic mass is 9.86. The Morgan fingerprint density at radius 3 is 2.32 bits per heavy atom. The Labute approximate surface area is 244 Å². The van der Waals surface area contributed by atoms with Gasteiger partial charge in [-0.3, -0.25) is 0 Å². The molecule has 0 heterocycles. The van der Waals surface area contributed by atoms with Crippen molar-refractivity contribution >= 4 is 43.8 Å². The topological polar surface area (TPSA) is 89.9 Å². The van der Waals surface area contributed by atoms with Crippen molar-refractivity contribution < 1.29 is 18.6 Å². The summed E-state index contributed by atoms with van der Waals surface area (Å²) in [4.78, 5) is 3.00. The summed E-state index contributed by atoms with van der Waals surface area (Å²) in [7, 11) is -3.13. The molecule has 3 rings (SSSR count). The minimum absolute atomic E-state index is 0. The number of fused-ring (bicyclic) bond motifs is 1. The molecule has 2 aromatic carbocycles. The monoisotopic (exact) mass is 662 g/mol. The Morgan fingerprint density at radius 1 is 0.946 bits per heavy atom. The van der Waals surface area contributed by atoms with Gasteiger partial charge in [-0.15, -0.1) is 34.0 Å². The fourth-order valence-electron chi connectivity index (χ4n) is 5.06. The first kappa shape index (κ1) is 33.9. The summed E-state index contributed by atoms with van der Waals surface area (Å²) in [6, 6.07) is 11.3. The van der Waals surface area contributed by atoms with E-state index in [1.54, 1.807) is 18.2 Å². The van der Waals surface area contributed by atoms with Gasteiger partial charge < -0.3 is 20.4 Å². The van der Waals surface area contributed by atoms with Gasteiger partial charge in [0.2, 0.25) is 0 Å². The number of halogens is 2. The number of hydrogen-bond acceptors (Lipinski definition) is 6. The summed E-state index contributed by atoms with van der Waals surface area (Å²) in [5.74, 6) is 0.0619. The molecule has 0 aliphatic heterocycles. The van der Waals surface area contributed by atoms with Crippen LogP contribution in [0.4, 0.5) is 0 Å². The second-order valence-electron chi connectivity index (χ2n) is 9.83. The molecule has 37 heavy (non-hydrogen) atoms. The molecule has 0 aromatic heterocycles. The van der Waals surface area contributed by atoms with Crippen molar-refractivity contribution in [1.29, 1.82) is 0 Å². The number of nitrogens with one attached hydrogen (secondary N) is 1. The van der Waals surface area contributed by atoms with Gasteiger partial charge in [-0.25, -0.2) is 8.42 Å². The largest absolute Gasteiger partial charge is 0.504 e. The highest BCUT2D eigenvalue weighted by Crippen LogP contribution is 2.36. The SMILES string of the molecule is Br.Br.CCCN(CCCCCCNCCc1ccc(S(C)(=O)=O)cc1)[C@H]1CCc2c(ccc(O)c2O)C1. The van der Waals surface area contributed by atoms with Crippen LogP contribution >= 0.6 is 34.0 Å². The van der Waals surface area contributed by atoms with Gasteiger partial charge >= 0.3 is 0 Å². The summed E-state index contributed by atoms with van der Waals surface area (Å²) in [6.45, 7) is 6.37. The lowest BCUT2D eigenvalue weighted by molar-refractivity contribution is 0.175. The summed E-state index contributed by atoms with van der Waals surface area (Å²) >= 11 is 0. The molecule has 0 fully saturated rings. The fraction of sp³-hybridized carbons (Fsp3) is 0.571. The van der Waals surface area contributed by atoms with Crippen LogP contribution in [0.1, 0.15) is 62.1 Å². The molecular weight excluding hydrogens is 620 g/mol. The number of aromatic hydroxyl groups is 2. The van der Waals surface area contributed by atoms with Crippen LogP contribution in [0.2, 0.25) is 0 Å². The number of sulfone groups is 1. The summed E-state index contributed by atoms with van der Waals surface area (Å²) in [5.41, 5.74) is 3.25. The van der Waals surface area contributed by atoms with Crippen LogP contribution < -0.4 is 5.32 Å². The summed E-state index contributed by atoms with van der Waals surface area (Å²) in [5, 5.41) is 23.4. The first-order valence-electron chi connectivity index (χ1n) is 13.1. The Bertz CT molecular complexity index is 1050. The minimum atomic E-state index is -3.13. The Balaban J connectivity index is 0.00000342. The van der Waals surface area contributed by atoms with Crippen molar-refractivity contribution in [2.45, 2.75) is 75.6 Å². The molecule has 0 spiro atoms. The van der Waals surface area contributed by atoms with Crippen LogP contribution in [-0.2, 0) is 29.1 Å². The zero-order valence-electron chi connectivity index (χ0n) is 22.1. The van der Waals surface area contributed by atoms with E-state index < -0.39 is 9.84 Å². The smallest absolute Gasteiger partial charge is 0.175 e. The predicted molar refractivity (Wildman–Crippen MR) is 163 cm³/mol. The highest BCUT2D eigenvalue weighted by Gasteiger charge is 2.26. The third kappa shape index (κ3) is 10.5. The van der Waals surface area contributed by atoms with Crippen LogP contribution in [0.5, 0.6) is 11.5 Å². The minimum Gasteiger partial charge on any atom is -0.504 e. The molecule has 0 amide bonds. The molecule has 1 atom stereocenters. The number of benzene rings is 2. The normalized spacial score (nSPS) is 15.1. The van der Waals surface area contributed by atoms with Gasteiger partial charge in [0, 0.05) is 17.9 Å². The van der Waals surface area contributed by atoms with Crippen LogP contribution in [0.25, 0.3) is 0 Å². The third-order valence-electron chi connectivity index (χ3n) is 7.06. The molecule has 6 nitrogen and oxygen atoms in total. The second-order valence-corrected chi connectivity index (χ2v) is 11.8. The maximum atomic E-state index is 11.5. The van der Waals surface area contributed by atoms with Crippen molar-refractivity contribution in [2.24, 2.45) is 0 Å². The molecule has 0 radical (unpaired) electrons.